The van der Waals surface area contributed by atoms with Gasteiger partial charge < -0.3 is 10.4 Å². The van der Waals surface area contributed by atoms with Crippen molar-refractivity contribution < 1.29 is 5.11 Å². The van der Waals surface area contributed by atoms with Gasteiger partial charge in [0, 0.05) is 32.4 Å². The van der Waals surface area contributed by atoms with Gasteiger partial charge in [0.2, 0.25) is 0 Å². The Bertz CT molecular complexity index is 318. The summed E-state index contributed by atoms with van der Waals surface area (Å²) in [4.78, 5) is 0. The molecular weight excluding hydrogens is 204 g/mol. The van der Waals surface area contributed by atoms with Gasteiger partial charge in [-0.1, -0.05) is 5.21 Å². The van der Waals surface area contributed by atoms with Gasteiger partial charge in [0.25, 0.3) is 0 Å². The Hall–Kier alpha value is -0.940. The zero-order chi connectivity index (χ0) is 11.4. The molecule has 0 bridgehead atoms. The van der Waals surface area contributed by atoms with E-state index in [4.69, 9.17) is 5.11 Å². The van der Waals surface area contributed by atoms with Crippen LogP contribution < -0.4 is 5.32 Å². The molecule has 2 N–H and O–H groups in total. The van der Waals surface area contributed by atoms with Crippen molar-refractivity contribution in [3.63, 3.8) is 0 Å². The third-order valence-electron chi connectivity index (χ3n) is 3.33. The molecule has 5 nitrogen and oxygen atoms in total. The minimum absolute atomic E-state index is 0.344. The molecule has 5 heteroatoms. The maximum Gasteiger partial charge on any atom is 0.0964 e. The Morgan fingerprint density at radius 3 is 2.75 bits per heavy atom. The van der Waals surface area contributed by atoms with Gasteiger partial charge in [0.1, 0.15) is 0 Å². The summed E-state index contributed by atoms with van der Waals surface area (Å²) in [7, 11) is 1.88. The Morgan fingerprint density at radius 1 is 1.44 bits per heavy atom. The standard InChI is InChI=1S/C11H20N4O/c1-15-7-11(13-14-15)6-12-10-4-2-9(8-16)3-5-10/h7,9-10,12,16H,2-6,8H2,1H3. The van der Waals surface area contributed by atoms with E-state index in [0.717, 1.165) is 37.9 Å². The molecule has 1 aliphatic rings. The molecule has 0 aromatic carbocycles. The topological polar surface area (TPSA) is 63.0 Å². The lowest BCUT2D eigenvalue weighted by Crippen LogP contribution is -2.33. The van der Waals surface area contributed by atoms with Crippen LogP contribution in [0.1, 0.15) is 31.4 Å². The molecule has 1 aromatic heterocycles. The first-order valence-electron chi connectivity index (χ1n) is 5.97. The van der Waals surface area contributed by atoms with E-state index in [0.29, 0.717) is 18.6 Å². The number of hydrogen-bond acceptors (Lipinski definition) is 4. The normalized spacial score (nSPS) is 25.9. The molecule has 1 fully saturated rings. The summed E-state index contributed by atoms with van der Waals surface area (Å²) in [6.07, 6.45) is 6.52. The van der Waals surface area contributed by atoms with Crippen molar-refractivity contribution in [3.8, 4) is 0 Å². The lowest BCUT2D eigenvalue weighted by atomic mass is 9.86. The highest BCUT2D eigenvalue weighted by atomic mass is 16.3. The van der Waals surface area contributed by atoms with Crippen LogP contribution in [-0.2, 0) is 13.6 Å². The highest BCUT2D eigenvalue weighted by molar-refractivity contribution is 4.92. The van der Waals surface area contributed by atoms with Gasteiger partial charge in [-0.05, 0) is 31.6 Å². The number of hydrogen-bond donors (Lipinski definition) is 2. The fourth-order valence-electron chi connectivity index (χ4n) is 2.27. The number of aryl methyl sites for hydroxylation is 1. The average Bonchev–Trinajstić information content (AvgIpc) is 2.73. The van der Waals surface area contributed by atoms with Crippen LogP contribution >= 0.6 is 0 Å². The summed E-state index contributed by atoms with van der Waals surface area (Å²) in [6.45, 7) is 1.14. The SMILES string of the molecule is Cn1cc(CNC2CCC(CO)CC2)nn1. The van der Waals surface area contributed by atoms with Crippen LogP contribution in [0.3, 0.4) is 0 Å². The molecule has 0 radical (unpaired) electrons. The monoisotopic (exact) mass is 224 g/mol. The lowest BCUT2D eigenvalue weighted by Gasteiger charge is -2.27. The third-order valence-corrected chi connectivity index (χ3v) is 3.33. The second-order valence-corrected chi connectivity index (χ2v) is 4.66. The molecule has 0 spiro atoms. The number of nitrogens with one attached hydrogen (secondary N) is 1. The summed E-state index contributed by atoms with van der Waals surface area (Å²) >= 11 is 0. The summed E-state index contributed by atoms with van der Waals surface area (Å²) in [5, 5.41) is 20.5. The zero-order valence-electron chi connectivity index (χ0n) is 9.76. The molecule has 1 heterocycles. The second-order valence-electron chi connectivity index (χ2n) is 4.66. The van der Waals surface area contributed by atoms with E-state index in [1.54, 1.807) is 4.68 Å². The van der Waals surface area contributed by atoms with Gasteiger partial charge in [-0.25, -0.2) is 0 Å². The third kappa shape index (κ3) is 3.02. The van der Waals surface area contributed by atoms with Crippen molar-refractivity contribution in [3.05, 3.63) is 11.9 Å². The number of rotatable bonds is 4. The second kappa shape index (κ2) is 5.41. The number of aliphatic hydroxyl groups excluding tert-OH is 1. The summed E-state index contributed by atoms with van der Waals surface area (Å²) in [6, 6.07) is 0.574. The fourth-order valence-corrected chi connectivity index (χ4v) is 2.27. The quantitative estimate of drug-likeness (QED) is 0.779. The number of aliphatic hydroxyl groups is 1. The van der Waals surface area contributed by atoms with E-state index in [-0.39, 0.29) is 0 Å². The molecular formula is C11H20N4O. The summed E-state index contributed by atoms with van der Waals surface area (Å²) in [5.41, 5.74) is 0.992. The number of nitrogens with zero attached hydrogens (tertiary/aromatic N) is 3. The molecule has 90 valence electrons. The van der Waals surface area contributed by atoms with Crippen molar-refractivity contribution in [2.24, 2.45) is 13.0 Å². The van der Waals surface area contributed by atoms with Crippen LogP contribution in [0.5, 0.6) is 0 Å². The zero-order valence-corrected chi connectivity index (χ0v) is 9.76. The molecule has 1 aliphatic carbocycles. The predicted molar refractivity (Wildman–Crippen MR) is 60.7 cm³/mol. The molecule has 0 saturated heterocycles. The van der Waals surface area contributed by atoms with Crippen LogP contribution in [0, 0.1) is 5.92 Å². The van der Waals surface area contributed by atoms with Gasteiger partial charge in [0.15, 0.2) is 0 Å². The molecule has 0 atom stereocenters. The van der Waals surface area contributed by atoms with E-state index in [1.165, 1.54) is 0 Å². The Balaban J connectivity index is 1.71. The summed E-state index contributed by atoms with van der Waals surface area (Å²) < 4.78 is 1.72. The van der Waals surface area contributed by atoms with Crippen molar-refractivity contribution >= 4 is 0 Å². The van der Waals surface area contributed by atoms with E-state index >= 15 is 0 Å². The highest BCUT2D eigenvalue weighted by Crippen LogP contribution is 2.23. The van der Waals surface area contributed by atoms with Gasteiger partial charge in [-0.2, -0.15) is 0 Å². The minimum atomic E-state index is 0.344. The van der Waals surface area contributed by atoms with Gasteiger partial charge in [0.05, 0.1) is 5.69 Å². The van der Waals surface area contributed by atoms with Crippen molar-refractivity contribution in [1.29, 1.82) is 0 Å². The smallest absolute Gasteiger partial charge is 0.0964 e. The molecule has 1 saturated carbocycles. The van der Waals surface area contributed by atoms with Crippen LogP contribution in [0.4, 0.5) is 0 Å². The predicted octanol–water partition coefficient (Wildman–Crippen LogP) is 0.456. The first-order chi connectivity index (χ1) is 7.78. The van der Waals surface area contributed by atoms with Crippen LogP contribution in [-0.4, -0.2) is 32.7 Å². The van der Waals surface area contributed by atoms with E-state index in [9.17, 15) is 0 Å². The van der Waals surface area contributed by atoms with Crippen molar-refractivity contribution in [2.75, 3.05) is 6.61 Å². The summed E-state index contributed by atoms with van der Waals surface area (Å²) in [5.74, 6) is 0.523. The van der Waals surface area contributed by atoms with Crippen molar-refractivity contribution in [2.45, 2.75) is 38.3 Å². The van der Waals surface area contributed by atoms with Gasteiger partial charge >= 0.3 is 0 Å². The maximum absolute atomic E-state index is 9.05. The van der Waals surface area contributed by atoms with Gasteiger partial charge in [-0.3, -0.25) is 4.68 Å². The molecule has 16 heavy (non-hydrogen) atoms. The highest BCUT2D eigenvalue weighted by Gasteiger charge is 2.20. The maximum atomic E-state index is 9.05. The first kappa shape index (κ1) is 11.5. The van der Waals surface area contributed by atoms with E-state index in [2.05, 4.69) is 15.6 Å². The Kier molecular flexibility index (Phi) is 3.90. The lowest BCUT2D eigenvalue weighted by molar-refractivity contribution is 0.175. The molecule has 2 rings (SSSR count). The van der Waals surface area contributed by atoms with Crippen molar-refractivity contribution in [1.82, 2.24) is 20.3 Å². The molecule has 0 aliphatic heterocycles. The van der Waals surface area contributed by atoms with E-state index < -0.39 is 0 Å². The van der Waals surface area contributed by atoms with E-state index in [1.807, 2.05) is 13.2 Å². The minimum Gasteiger partial charge on any atom is -0.396 e. The molecule has 1 aromatic rings. The molecule has 0 amide bonds. The first-order valence-corrected chi connectivity index (χ1v) is 5.97. The number of aromatic nitrogens is 3. The molecule has 0 unspecified atom stereocenters. The van der Waals surface area contributed by atoms with Crippen LogP contribution in [0.25, 0.3) is 0 Å². The largest absolute Gasteiger partial charge is 0.396 e. The van der Waals surface area contributed by atoms with Gasteiger partial charge in [-0.15, -0.1) is 5.10 Å². The average molecular weight is 224 g/mol. The van der Waals surface area contributed by atoms with Crippen LogP contribution in [0.15, 0.2) is 6.20 Å². The fraction of sp³-hybridized carbons (Fsp3) is 0.818. The van der Waals surface area contributed by atoms with Crippen LogP contribution in [0.2, 0.25) is 0 Å². The Morgan fingerprint density at radius 2 is 2.19 bits per heavy atom. The Labute approximate surface area is 95.8 Å².